The van der Waals surface area contributed by atoms with Crippen molar-refractivity contribution in [1.29, 1.82) is 0 Å². The van der Waals surface area contributed by atoms with Crippen LogP contribution in [0.4, 0.5) is 0 Å². The van der Waals surface area contributed by atoms with E-state index in [2.05, 4.69) is 26.1 Å². The average Bonchev–Trinajstić information content (AvgIpc) is 2.15. The highest BCUT2D eigenvalue weighted by Gasteiger charge is 2.23. The summed E-state index contributed by atoms with van der Waals surface area (Å²) in [5, 5.41) is 3.03. The van der Waals surface area contributed by atoms with Gasteiger partial charge < -0.3 is 5.32 Å². The van der Waals surface area contributed by atoms with E-state index in [1.165, 1.54) is 12.8 Å². The van der Waals surface area contributed by atoms with Gasteiger partial charge in [0.2, 0.25) is 5.91 Å². The summed E-state index contributed by atoms with van der Waals surface area (Å²) in [5.74, 6) is 1.96. The van der Waals surface area contributed by atoms with Crippen LogP contribution in [0.2, 0.25) is 0 Å². The molecule has 0 unspecified atom stereocenters. The van der Waals surface area contributed by atoms with Gasteiger partial charge in [-0.1, -0.05) is 20.8 Å². The molecule has 1 rings (SSSR count). The predicted octanol–water partition coefficient (Wildman–Crippen LogP) is 2.58. The zero-order valence-electron chi connectivity index (χ0n) is 9.68. The van der Waals surface area contributed by atoms with E-state index in [1.807, 2.05) is 0 Å². The van der Waals surface area contributed by atoms with Gasteiger partial charge >= 0.3 is 0 Å². The molecule has 1 fully saturated rings. The summed E-state index contributed by atoms with van der Waals surface area (Å²) < 4.78 is 0. The van der Waals surface area contributed by atoms with Gasteiger partial charge in [0.25, 0.3) is 0 Å². The number of hydrogen-bond acceptors (Lipinski definition) is 1. The molecule has 0 aromatic heterocycles. The smallest absolute Gasteiger partial charge is 0.223 e. The van der Waals surface area contributed by atoms with Crippen molar-refractivity contribution in [2.45, 2.75) is 46.5 Å². The van der Waals surface area contributed by atoms with Crippen molar-refractivity contribution in [1.82, 2.24) is 5.32 Å². The molecular formula is C12H23NO. The molecule has 14 heavy (non-hydrogen) atoms. The lowest BCUT2D eigenvalue weighted by Gasteiger charge is -2.25. The normalized spacial score (nSPS) is 27.7. The third kappa shape index (κ3) is 3.69. The first-order valence-electron chi connectivity index (χ1n) is 5.87. The number of carbonyl (C=O) groups excluding carboxylic acids is 1. The van der Waals surface area contributed by atoms with Crippen molar-refractivity contribution >= 4 is 5.91 Å². The van der Waals surface area contributed by atoms with Crippen molar-refractivity contribution in [2.75, 3.05) is 6.54 Å². The molecule has 1 aliphatic rings. The molecule has 0 saturated heterocycles. The van der Waals surface area contributed by atoms with Crippen LogP contribution in [0.15, 0.2) is 0 Å². The quantitative estimate of drug-likeness (QED) is 0.740. The first-order valence-corrected chi connectivity index (χ1v) is 5.87. The van der Waals surface area contributed by atoms with Crippen LogP contribution < -0.4 is 5.32 Å². The Labute approximate surface area is 87.5 Å². The van der Waals surface area contributed by atoms with E-state index in [4.69, 9.17) is 0 Å². The standard InChI is InChI=1S/C12H23NO/c1-9(2)8-13-12(14)11-6-4-10(3)5-7-11/h9-11H,4-8H2,1-3H3,(H,13,14)/t10-,11+. The Kier molecular flexibility index (Phi) is 4.43. The van der Waals surface area contributed by atoms with Crippen molar-refractivity contribution in [3.05, 3.63) is 0 Å². The molecule has 82 valence electrons. The summed E-state index contributed by atoms with van der Waals surface area (Å²) in [5.41, 5.74) is 0. The highest BCUT2D eigenvalue weighted by Crippen LogP contribution is 2.28. The summed E-state index contributed by atoms with van der Waals surface area (Å²) in [6.07, 6.45) is 4.62. The van der Waals surface area contributed by atoms with Crippen LogP contribution in [-0.4, -0.2) is 12.5 Å². The average molecular weight is 197 g/mol. The van der Waals surface area contributed by atoms with Crippen LogP contribution >= 0.6 is 0 Å². The van der Waals surface area contributed by atoms with Gasteiger partial charge in [-0.05, 0) is 37.5 Å². The Bertz CT molecular complexity index is 181. The van der Waals surface area contributed by atoms with Gasteiger partial charge in [-0.3, -0.25) is 4.79 Å². The lowest BCUT2D eigenvalue weighted by Crippen LogP contribution is -2.35. The van der Waals surface area contributed by atoms with Crippen LogP contribution in [0, 0.1) is 17.8 Å². The molecule has 0 spiro atoms. The van der Waals surface area contributed by atoms with E-state index in [0.717, 1.165) is 25.3 Å². The molecule has 1 amide bonds. The van der Waals surface area contributed by atoms with Crippen molar-refractivity contribution in [3.63, 3.8) is 0 Å². The molecule has 0 atom stereocenters. The largest absolute Gasteiger partial charge is 0.356 e. The topological polar surface area (TPSA) is 29.1 Å². The van der Waals surface area contributed by atoms with Crippen LogP contribution in [0.3, 0.4) is 0 Å². The Morgan fingerprint density at radius 2 is 1.86 bits per heavy atom. The fourth-order valence-corrected chi connectivity index (χ4v) is 1.97. The van der Waals surface area contributed by atoms with Gasteiger partial charge in [-0.25, -0.2) is 0 Å². The van der Waals surface area contributed by atoms with E-state index in [0.29, 0.717) is 11.8 Å². The molecule has 0 aliphatic heterocycles. The zero-order valence-corrected chi connectivity index (χ0v) is 9.68. The number of nitrogens with one attached hydrogen (secondary N) is 1. The van der Waals surface area contributed by atoms with E-state index >= 15 is 0 Å². The van der Waals surface area contributed by atoms with Crippen molar-refractivity contribution in [2.24, 2.45) is 17.8 Å². The Morgan fingerprint density at radius 1 is 1.29 bits per heavy atom. The van der Waals surface area contributed by atoms with Gasteiger partial charge in [-0.15, -0.1) is 0 Å². The van der Waals surface area contributed by atoms with Crippen LogP contribution in [-0.2, 0) is 4.79 Å². The maximum atomic E-state index is 11.7. The second-order valence-corrected chi connectivity index (χ2v) is 5.10. The number of hydrogen-bond donors (Lipinski definition) is 1. The first kappa shape index (κ1) is 11.5. The second-order valence-electron chi connectivity index (χ2n) is 5.10. The third-order valence-corrected chi connectivity index (χ3v) is 3.07. The monoisotopic (exact) mass is 197 g/mol. The molecule has 0 aromatic rings. The summed E-state index contributed by atoms with van der Waals surface area (Å²) in [6.45, 7) is 7.36. The lowest BCUT2D eigenvalue weighted by atomic mass is 9.82. The highest BCUT2D eigenvalue weighted by molar-refractivity contribution is 5.78. The Hall–Kier alpha value is -0.530. The summed E-state index contributed by atoms with van der Waals surface area (Å²) >= 11 is 0. The minimum atomic E-state index is 0.283. The maximum absolute atomic E-state index is 11.7. The fraction of sp³-hybridized carbons (Fsp3) is 0.917. The minimum absolute atomic E-state index is 0.283. The summed E-state index contributed by atoms with van der Waals surface area (Å²) in [6, 6.07) is 0. The second kappa shape index (κ2) is 5.38. The van der Waals surface area contributed by atoms with Gasteiger partial charge in [0.05, 0.1) is 0 Å². The number of amides is 1. The van der Waals surface area contributed by atoms with E-state index < -0.39 is 0 Å². The molecule has 0 radical (unpaired) electrons. The Morgan fingerprint density at radius 3 is 2.36 bits per heavy atom. The summed E-state index contributed by atoms with van der Waals surface area (Å²) in [7, 11) is 0. The first-order chi connectivity index (χ1) is 6.59. The fourth-order valence-electron chi connectivity index (χ4n) is 1.97. The van der Waals surface area contributed by atoms with Crippen molar-refractivity contribution in [3.8, 4) is 0 Å². The van der Waals surface area contributed by atoms with Crippen molar-refractivity contribution < 1.29 is 4.79 Å². The molecule has 0 bridgehead atoms. The molecule has 2 heteroatoms. The number of carbonyl (C=O) groups is 1. The van der Waals surface area contributed by atoms with E-state index in [-0.39, 0.29) is 5.91 Å². The highest BCUT2D eigenvalue weighted by atomic mass is 16.1. The van der Waals surface area contributed by atoms with E-state index in [1.54, 1.807) is 0 Å². The van der Waals surface area contributed by atoms with Gasteiger partial charge in [0.1, 0.15) is 0 Å². The molecule has 1 N–H and O–H groups in total. The van der Waals surface area contributed by atoms with Crippen LogP contribution in [0.5, 0.6) is 0 Å². The van der Waals surface area contributed by atoms with Crippen LogP contribution in [0.1, 0.15) is 46.5 Å². The van der Waals surface area contributed by atoms with E-state index in [9.17, 15) is 4.79 Å². The molecular weight excluding hydrogens is 174 g/mol. The minimum Gasteiger partial charge on any atom is -0.356 e. The van der Waals surface area contributed by atoms with Gasteiger partial charge in [-0.2, -0.15) is 0 Å². The lowest BCUT2D eigenvalue weighted by molar-refractivity contribution is -0.126. The molecule has 1 aliphatic carbocycles. The molecule has 0 heterocycles. The summed E-state index contributed by atoms with van der Waals surface area (Å²) in [4.78, 5) is 11.7. The molecule has 2 nitrogen and oxygen atoms in total. The Balaban J connectivity index is 2.24. The number of rotatable bonds is 3. The third-order valence-electron chi connectivity index (χ3n) is 3.07. The SMILES string of the molecule is CC(C)CNC(=O)[C@H]1CC[C@@H](C)CC1. The van der Waals surface area contributed by atoms with Gasteiger partial charge in [0, 0.05) is 12.5 Å². The molecule has 1 saturated carbocycles. The predicted molar refractivity (Wildman–Crippen MR) is 59.0 cm³/mol. The molecule has 0 aromatic carbocycles. The van der Waals surface area contributed by atoms with Crippen LogP contribution in [0.25, 0.3) is 0 Å². The maximum Gasteiger partial charge on any atom is 0.223 e. The van der Waals surface area contributed by atoms with Gasteiger partial charge in [0.15, 0.2) is 0 Å². The zero-order chi connectivity index (χ0) is 10.6.